The van der Waals surface area contributed by atoms with Crippen LogP contribution < -0.4 is 0 Å². The van der Waals surface area contributed by atoms with Gasteiger partial charge in [0.05, 0.1) is 0 Å². The van der Waals surface area contributed by atoms with Crippen molar-refractivity contribution >= 4 is 21.5 Å². The summed E-state index contributed by atoms with van der Waals surface area (Å²) in [5.41, 5.74) is 1.93. The minimum atomic E-state index is -0.0620. The number of phenols is 2. The standard InChI is InChI=1S/C16H14O2/c1-9-3-5-13-11(7-9)4-6-12-10(2)16(18)15(17)8-14(12)13/h3-8,17-18H,1-2H3. The average molecular weight is 238 g/mol. The molecule has 0 amide bonds. The van der Waals surface area contributed by atoms with Gasteiger partial charge in [0.1, 0.15) is 0 Å². The first-order valence-corrected chi connectivity index (χ1v) is 5.92. The smallest absolute Gasteiger partial charge is 0.161 e. The summed E-state index contributed by atoms with van der Waals surface area (Å²) in [6, 6.07) is 11.9. The zero-order valence-electron chi connectivity index (χ0n) is 10.4. The van der Waals surface area contributed by atoms with Crippen LogP contribution in [0.1, 0.15) is 11.1 Å². The molecule has 2 heteroatoms. The predicted octanol–water partition coefficient (Wildman–Crippen LogP) is 4.02. The van der Waals surface area contributed by atoms with Crippen molar-refractivity contribution in [2.75, 3.05) is 0 Å². The first-order valence-electron chi connectivity index (χ1n) is 5.92. The third-order valence-corrected chi connectivity index (χ3v) is 3.50. The van der Waals surface area contributed by atoms with E-state index in [-0.39, 0.29) is 11.5 Å². The van der Waals surface area contributed by atoms with Gasteiger partial charge in [0, 0.05) is 5.56 Å². The molecule has 0 aliphatic rings. The molecule has 2 nitrogen and oxygen atoms in total. The number of fused-ring (bicyclic) bond motifs is 3. The quantitative estimate of drug-likeness (QED) is 0.458. The van der Waals surface area contributed by atoms with E-state index in [2.05, 4.69) is 25.1 Å². The molecule has 0 bridgehead atoms. The summed E-state index contributed by atoms with van der Waals surface area (Å²) in [6.07, 6.45) is 0. The second-order valence-corrected chi connectivity index (χ2v) is 4.75. The van der Waals surface area contributed by atoms with Gasteiger partial charge in [-0.05, 0) is 41.5 Å². The van der Waals surface area contributed by atoms with Crippen molar-refractivity contribution in [1.29, 1.82) is 0 Å². The predicted molar refractivity (Wildman–Crippen MR) is 74.3 cm³/mol. The summed E-state index contributed by atoms with van der Waals surface area (Å²) in [7, 11) is 0. The van der Waals surface area contributed by atoms with Crippen LogP contribution in [0.25, 0.3) is 21.5 Å². The first-order chi connectivity index (χ1) is 8.58. The molecule has 0 saturated heterocycles. The zero-order chi connectivity index (χ0) is 12.9. The van der Waals surface area contributed by atoms with E-state index < -0.39 is 0 Å². The molecule has 0 atom stereocenters. The van der Waals surface area contributed by atoms with Crippen LogP contribution >= 0.6 is 0 Å². The molecule has 18 heavy (non-hydrogen) atoms. The van der Waals surface area contributed by atoms with E-state index in [1.54, 1.807) is 6.07 Å². The van der Waals surface area contributed by atoms with Gasteiger partial charge < -0.3 is 10.2 Å². The Bertz CT molecular complexity index is 773. The van der Waals surface area contributed by atoms with Gasteiger partial charge in [-0.3, -0.25) is 0 Å². The molecule has 0 aliphatic carbocycles. The van der Waals surface area contributed by atoms with Crippen molar-refractivity contribution in [3.63, 3.8) is 0 Å². The van der Waals surface area contributed by atoms with E-state index in [4.69, 9.17) is 0 Å². The number of benzene rings is 3. The van der Waals surface area contributed by atoms with E-state index >= 15 is 0 Å². The number of phenolic OH excluding ortho intramolecular Hbond substituents is 2. The highest BCUT2D eigenvalue weighted by Crippen LogP contribution is 2.38. The largest absolute Gasteiger partial charge is 0.504 e. The summed E-state index contributed by atoms with van der Waals surface area (Å²) in [6.45, 7) is 3.88. The molecule has 0 aliphatic heterocycles. The molecule has 90 valence electrons. The number of aromatic hydroxyl groups is 2. The first kappa shape index (κ1) is 10.9. The lowest BCUT2D eigenvalue weighted by molar-refractivity contribution is 0.402. The Morgan fingerprint density at radius 3 is 2.28 bits per heavy atom. The maximum absolute atomic E-state index is 9.77. The second kappa shape index (κ2) is 3.64. The highest BCUT2D eigenvalue weighted by atomic mass is 16.3. The summed E-state index contributed by atoms with van der Waals surface area (Å²) in [5, 5.41) is 23.7. The lowest BCUT2D eigenvalue weighted by Crippen LogP contribution is -1.84. The van der Waals surface area contributed by atoms with E-state index in [9.17, 15) is 10.2 Å². The summed E-state index contributed by atoms with van der Waals surface area (Å²) in [4.78, 5) is 0. The van der Waals surface area contributed by atoms with Crippen molar-refractivity contribution in [1.82, 2.24) is 0 Å². The molecule has 0 spiro atoms. The van der Waals surface area contributed by atoms with Gasteiger partial charge in [0.25, 0.3) is 0 Å². The molecule has 0 unspecified atom stereocenters. The van der Waals surface area contributed by atoms with Crippen LogP contribution in [-0.2, 0) is 0 Å². The van der Waals surface area contributed by atoms with Gasteiger partial charge in [-0.1, -0.05) is 35.9 Å². The molecule has 0 radical (unpaired) electrons. The topological polar surface area (TPSA) is 40.5 Å². The van der Waals surface area contributed by atoms with Crippen molar-refractivity contribution in [3.8, 4) is 11.5 Å². The van der Waals surface area contributed by atoms with Crippen LogP contribution in [0.2, 0.25) is 0 Å². The minimum Gasteiger partial charge on any atom is -0.504 e. The molecule has 3 aromatic carbocycles. The highest BCUT2D eigenvalue weighted by molar-refractivity contribution is 6.09. The molecular formula is C16H14O2. The summed E-state index contributed by atoms with van der Waals surface area (Å²) >= 11 is 0. The van der Waals surface area contributed by atoms with E-state index in [1.807, 2.05) is 19.1 Å². The van der Waals surface area contributed by atoms with Crippen molar-refractivity contribution < 1.29 is 10.2 Å². The van der Waals surface area contributed by atoms with Crippen molar-refractivity contribution in [3.05, 3.63) is 47.5 Å². The molecule has 2 N–H and O–H groups in total. The molecule has 3 aromatic rings. The lowest BCUT2D eigenvalue weighted by atomic mass is 9.97. The summed E-state index contributed by atoms with van der Waals surface area (Å²) < 4.78 is 0. The Morgan fingerprint density at radius 2 is 1.50 bits per heavy atom. The molecule has 0 aromatic heterocycles. The van der Waals surface area contributed by atoms with Gasteiger partial charge in [0.15, 0.2) is 11.5 Å². The number of hydrogen-bond donors (Lipinski definition) is 2. The van der Waals surface area contributed by atoms with Gasteiger partial charge >= 0.3 is 0 Å². The van der Waals surface area contributed by atoms with E-state index in [0.717, 1.165) is 21.5 Å². The highest BCUT2D eigenvalue weighted by Gasteiger charge is 2.10. The monoisotopic (exact) mass is 238 g/mol. The maximum atomic E-state index is 9.77. The van der Waals surface area contributed by atoms with Gasteiger partial charge in [-0.25, -0.2) is 0 Å². The van der Waals surface area contributed by atoms with Crippen LogP contribution in [-0.4, -0.2) is 10.2 Å². The molecule has 0 heterocycles. The Kier molecular flexibility index (Phi) is 2.20. The van der Waals surface area contributed by atoms with E-state index in [1.165, 1.54) is 5.56 Å². The second-order valence-electron chi connectivity index (χ2n) is 4.75. The normalized spacial score (nSPS) is 11.2. The SMILES string of the molecule is Cc1ccc2c(ccc3c(C)c(O)c(O)cc32)c1. The van der Waals surface area contributed by atoms with Gasteiger partial charge in [0.2, 0.25) is 0 Å². The molecule has 0 saturated carbocycles. The van der Waals surface area contributed by atoms with Crippen LogP contribution in [0, 0.1) is 13.8 Å². The van der Waals surface area contributed by atoms with Gasteiger partial charge in [-0.2, -0.15) is 0 Å². The third kappa shape index (κ3) is 1.42. The fourth-order valence-electron chi connectivity index (χ4n) is 2.48. The number of aryl methyl sites for hydroxylation is 2. The fourth-order valence-corrected chi connectivity index (χ4v) is 2.48. The maximum Gasteiger partial charge on any atom is 0.161 e. The molecule has 3 rings (SSSR count). The van der Waals surface area contributed by atoms with Gasteiger partial charge in [-0.15, -0.1) is 0 Å². The van der Waals surface area contributed by atoms with E-state index in [0.29, 0.717) is 5.56 Å². The number of hydrogen-bond acceptors (Lipinski definition) is 2. The van der Waals surface area contributed by atoms with Crippen molar-refractivity contribution in [2.24, 2.45) is 0 Å². The summed E-state index contributed by atoms with van der Waals surface area (Å²) in [5.74, 6) is -0.0953. The Balaban J connectivity index is 2.55. The van der Waals surface area contributed by atoms with Crippen LogP contribution in [0.5, 0.6) is 11.5 Å². The minimum absolute atomic E-state index is 0.0334. The fraction of sp³-hybridized carbons (Fsp3) is 0.125. The lowest BCUT2D eigenvalue weighted by Gasteiger charge is -2.10. The Hall–Kier alpha value is -2.22. The van der Waals surface area contributed by atoms with Crippen LogP contribution in [0.4, 0.5) is 0 Å². The molecular weight excluding hydrogens is 224 g/mol. The average Bonchev–Trinajstić information content (AvgIpc) is 2.35. The Morgan fingerprint density at radius 1 is 0.778 bits per heavy atom. The van der Waals surface area contributed by atoms with Crippen molar-refractivity contribution in [2.45, 2.75) is 13.8 Å². The molecule has 0 fully saturated rings. The Labute approximate surface area is 105 Å². The van der Waals surface area contributed by atoms with Crippen LogP contribution in [0.15, 0.2) is 36.4 Å². The third-order valence-electron chi connectivity index (χ3n) is 3.50. The van der Waals surface area contributed by atoms with Crippen LogP contribution in [0.3, 0.4) is 0 Å². The number of rotatable bonds is 0. The zero-order valence-corrected chi connectivity index (χ0v) is 10.4.